The van der Waals surface area contributed by atoms with Crippen molar-refractivity contribution in [1.82, 2.24) is 4.90 Å². The second-order valence-electron chi connectivity index (χ2n) is 6.38. The summed E-state index contributed by atoms with van der Waals surface area (Å²) in [5, 5.41) is 9.22. The molecule has 1 aliphatic rings. The largest absolute Gasteiger partial charge is 0.497 e. The van der Waals surface area contributed by atoms with Gasteiger partial charge in [-0.1, -0.05) is 24.3 Å². The normalized spacial score (nSPS) is 17.2. The number of carboxylic acids is 1. The molecular weight excluding hydrogens is 321 g/mol. The molecule has 1 aliphatic heterocycles. The van der Waals surface area contributed by atoms with Gasteiger partial charge in [-0.05, 0) is 61.3 Å². The predicted molar refractivity (Wildman–Crippen MR) is 93.2 cm³/mol. The Morgan fingerprint density at radius 1 is 1.16 bits per heavy atom. The molecule has 132 valence electrons. The molecule has 1 unspecified atom stereocenters. The van der Waals surface area contributed by atoms with E-state index >= 15 is 0 Å². The van der Waals surface area contributed by atoms with Crippen LogP contribution in [0.4, 0.5) is 4.39 Å². The average molecular weight is 343 g/mol. The van der Waals surface area contributed by atoms with Gasteiger partial charge in [0.2, 0.25) is 0 Å². The van der Waals surface area contributed by atoms with Crippen LogP contribution in [0, 0.1) is 11.7 Å². The molecule has 2 aromatic carbocycles. The molecule has 1 atom stereocenters. The van der Waals surface area contributed by atoms with E-state index in [4.69, 9.17) is 4.74 Å². The molecule has 0 aromatic heterocycles. The van der Waals surface area contributed by atoms with Crippen molar-refractivity contribution in [1.29, 1.82) is 0 Å². The molecule has 0 saturated carbocycles. The Morgan fingerprint density at radius 2 is 1.80 bits per heavy atom. The lowest BCUT2D eigenvalue weighted by Gasteiger charge is -2.37. The molecule has 0 aliphatic carbocycles. The number of carboxylic acid groups (broad SMARTS) is 1. The number of carbonyl (C=O) groups is 1. The molecule has 1 heterocycles. The number of nitrogens with zero attached hydrogens (tertiary/aromatic N) is 1. The summed E-state index contributed by atoms with van der Waals surface area (Å²) in [7, 11) is 1.62. The number of rotatable bonds is 5. The van der Waals surface area contributed by atoms with Crippen molar-refractivity contribution in [3.8, 4) is 5.75 Å². The third kappa shape index (κ3) is 3.99. The number of likely N-dealkylation sites (tertiary alicyclic amines) is 1. The maximum atomic E-state index is 13.8. The van der Waals surface area contributed by atoms with Crippen LogP contribution in [-0.2, 0) is 4.79 Å². The molecule has 5 heteroatoms. The van der Waals surface area contributed by atoms with Gasteiger partial charge < -0.3 is 9.84 Å². The van der Waals surface area contributed by atoms with Crippen LogP contribution < -0.4 is 4.74 Å². The van der Waals surface area contributed by atoms with E-state index in [1.807, 2.05) is 30.3 Å². The minimum absolute atomic E-state index is 0.124. The van der Waals surface area contributed by atoms with Gasteiger partial charge in [-0.2, -0.15) is 0 Å². The van der Waals surface area contributed by atoms with Gasteiger partial charge in [-0.25, -0.2) is 4.39 Å². The lowest BCUT2D eigenvalue weighted by Crippen LogP contribution is -2.39. The number of hydrogen-bond donors (Lipinski definition) is 1. The lowest BCUT2D eigenvalue weighted by molar-refractivity contribution is -0.143. The van der Waals surface area contributed by atoms with Gasteiger partial charge in [0, 0.05) is 0 Å². The summed E-state index contributed by atoms with van der Waals surface area (Å²) < 4.78 is 19.1. The third-order valence-corrected chi connectivity index (χ3v) is 4.82. The second kappa shape index (κ2) is 7.66. The highest BCUT2D eigenvalue weighted by Gasteiger charge is 2.30. The summed E-state index contributed by atoms with van der Waals surface area (Å²) in [6, 6.07) is 14.2. The Hall–Kier alpha value is -2.40. The summed E-state index contributed by atoms with van der Waals surface area (Å²) in [6.07, 6.45) is 1.20. The van der Waals surface area contributed by atoms with Crippen molar-refractivity contribution >= 4 is 5.97 Å². The molecule has 0 bridgehead atoms. The van der Waals surface area contributed by atoms with Gasteiger partial charge >= 0.3 is 5.97 Å². The summed E-state index contributed by atoms with van der Waals surface area (Å²) in [5.74, 6) is -0.553. The first-order valence-electron chi connectivity index (χ1n) is 8.44. The second-order valence-corrected chi connectivity index (χ2v) is 6.38. The quantitative estimate of drug-likeness (QED) is 0.899. The van der Waals surface area contributed by atoms with E-state index in [-0.39, 0.29) is 17.8 Å². The van der Waals surface area contributed by atoms with Crippen molar-refractivity contribution < 1.29 is 19.0 Å². The highest BCUT2D eigenvalue weighted by Crippen LogP contribution is 2.34. The van der Waals surface area contributed by atoms with Crippen molar-refractivity contribution in [3.05, 3.63) is 65.5 Å². The van der Waals surface area contributed by atoms with Crippen LogP contribution in [0.5, 0.6) is 5.75 Å². The van der Waals surface area contributed by atoms with Crippen molar-refractivity contribution in [2.24, 2.45) is 5.92 Å². The number of benzene rings is 2. The minimum atomic E-state index is -0.733. The van der Waals surface area contributed by atoms with Crippen LogP contribution in [0.3, 0.4) is 0 Å². The average Bonchev–Trinajstić information content (AvgIpc) is 2.63. The zero-order valence-electron chi connectivity index (χ0n) is 14.2. The van der Waals surface area contributed by atoms with Crippen molar-refractivity contribution in [2.45, 2.75) is 18.9 Å². The predicted octanol–water partition coefficient (Wildman–Crippen LogP) is 3.72. The van der Waals surface area contributed by atoms with Gasteiger partial charge in [0.25, 0.3) is 0 Å². The lowest BCUT2D eigenvalue weighted by atomic mass is 9.91. The van der Waals surface area contributed by atoms with Crippen LogP contribution in [0.1, 0.15) is 30.0 Å². The van der Waals surface area contributed by atoms with E-state index in [0.717, 1.165) is 16.9 Å². The van der Waals surface area contributed by atoms with E-state index < -0.39 is 5.97 Å². The zero-order chi connectivity index (χ0) is 17.8. The SMILES string of the molecule is COc1cccc(C(c2cccc(F)c2)N2CCC(C(=O)O)CC2)c1. The molecule has 1 N–H and O–H groups in total. The van der Waals surface area contributed by atoms with Gasteiger partial charge in [0.05, 0.1) is 19.1 Å². The number of ether oxygens (including phenoxy) is 1. The van der Waals surface area contributed by atoms with Crippen LogP contribution in [0.25, 0.3) is 0 Å². The smallest absolute Gasteiger partial charge is 0.306 e. The van der Waals surface area contributed by atoms with Gasteiger partial charge in [0.1, 0.15) is 11.6 Å². The first-order valence-corrected chi connectivity index (χ1v) is 8.44. The molecule has 3 rings (SSSR count). The molecular formula is C20H22FNO3. The fourth-order valence-corrected chi connectivity index (χ4v) is 3.51. The molecule has 4 nitrogen and oxygen atoms in total. The number of piperidine rings is 1. The fourth-order valence-electron chi connectivity index (χ4n) is 3.51. The van der Waals surface area contributed by atoms with Crippen molar-refractivity contribution in [2.75, 3.05) is 20.2 Å². The van der Waals surface area contributed by atoms with Crippen LogP contribution in [-0.4, -0.2) is 36.2 Å². The maximum absolute atomic E-state index is 13.8. The third-order valence-electron chi connectivity index (χ3n) is 4.82. The van der Waals surface area contributed by atoms with E-state index in [2.05, 4.69) is 4.90 Å². The standard InChI is InChI=1S/C20H22FNO3/c1-25-18-7-3-5-16(13-18)19(15-4-2-6-17(21)12-15)22-10-8-14(9-11-22)20(23)24/h2-7,12-14,19H,8-11H2,1H3,(H,23,24). The van der Waals surface area contributed by atoms with Crippen LogP contribution in [0.15, 0.2) is 48.5 Å². The molecule has 0 radical (unpaired) electrons. The van der Waals surface area contributed by atoms with E-state index in [0.29, 0.717) is 25.9 Å². The Kier molecular flexibility index (Phi) is 5.34. The van der Waals surface area contributed by atoms with Gasteiger partial charge in [-0.15, -0.1) is 0 Å². The number of hydrogen-bond acceptors (Lipinski definition) is 3. The number of methoxy groups -OCH3 is 1. The highest BCUT2D eigenvalue weighted by molar-refractivity contribution is 5.70. The monoisotopic (exact) mass is 343 g/mol. The number of aliphatic carboxylic acids is 1. The van der Waals surface area contributed by atoms with Gasteiger partial charge in [0.15, 0.2) is 0 Å². The first-order chi connectivity index (χ1) is 12.1. The molecule has 1 fully saturated rings. The Labute approximate surface area is 146 Å². The Morgan fingerprint density at radius 3 is 2.40 bits per heavy atom. The Balaban J connectivity index is 1.93. The summed E-state index contributed by atoms with van der Waals surface area (Å²) in [4.78, 5) is 13.4. The van der Waals surface area contributed by atoms with E-state index in [1.165, 1.54) is 6.07 Å². The topological polar surface area (TPSA) is 49.8 Å². The maximum Gasteiger partial charge on any atom is 0.306 e. The Bertz CT molecular complexity index is 741. The molecule has 2 aromatic rings. The molecule has 25 heavy (non-hydrogen) atoms. The van der Waals surface area contributed by atoms with Crippen molar-refractivity contribution in [3.63, 3.8) is 0 Å². The highest BCUT2D eigenvalue weighted by atomic mass is 19.1. The van der Waals surface area contributed by atoms with Crippen LogP contribution >= 0.6 is 0 Å². The zero-order valence-corrected chi connectivity index (χ0v) is 14.2. The molecule has 0 spiro atoms. The first kappa shape index (κ1) is 17.4. The summed E-state index contributed by atoms with van der Waals surface area (Å²) in [5.41, 5.74) is 1.88. The van der Waals surface area contributed by atoms with Gasteiger partial charge in [-0.3, -0.25) is 9.69 Å². The fraction of sp³-hybridized carbons (Fsp3) is 0.350. The number of halogens is 1. The van der Waals surface area contributed by atoms with E-state index in [1.54, 1.807) is 19.2 Å². The molecule has 1 saturated heterocycles. The summed E-state index contributed by atoms with van der Waals surface area (Å²) in [6.45, 7) is 1.32. The summed E-state index contributed by atoms with van der Waals surface area (Å²) >= 11 is 0. The molecule has 0 amide bonds. The van der Waals surface area contributed by atoms with E-state index in [9.17, 15) is 14.3 Å². The van der Waals surface area contributed by atoms with Crippen LogP contribution in [0.2, 0.25) is 0 Å². The minimum Gasteiger partial charge on any atom is -0.497 e.